The van der Waals surface area contributed by atoms with Crippen LogP contribution in [0.5, 0.6) is 0 Å². The molecule has 0 aliphatic carbocycles. The maximum absolute atomic E-state index is 12.9. The molecule has 0 unspecified atom stereocenters. The van der Waals surface area contributed by atoms with Crippen LogP contribution < -0.4 is 5.32 Å². The number of hydrogen-bond acceptors (Lipinski definition) is 5. The Labute approximate surface area is 149 Å². The number of benzene rings is 1. The summed E-state index contributed by atoms with van der Waals surface area (Å²) in [6.07, 6.45) is 1.65. The van der Waals surface area contributed by atoms with Crippen LogP contribution in [0, 0.1) is 29.9 Å². The summed E-state index contributed by atoms with van der Waals surface area (Å²) in [4.78, 5) is 10.6. The number of nitrogens with one attached hydrogen (secondary N) is 1. The van der Waals surface area contributed by atoms with E-state index in [9.17, 15) is 18.5 Å². The number of non-ortho nitro benzene ring substituents is 1. The fourth-order valence-electron chi connectivity index (χ4n) is 3.21. The number of hydrogen-bond donors (Lipinski definition) is 1. The van der Waals surface area contributed by atoms with Crippen molar-refractivity contribution in [3.63, 3.8) is 0 Å². The summed E-state index contributed by atoms with van der Waals surface area (Å²) in [5, 5.41) is 14.0. The number of rotatable bonds is 5. The van der Waals surface area contributed by atoms with Gasteiger partial charge < -0.3 is 5.32 Å². The van der Waals surface area contributed by atoms with E-state index in [0.29, 0.717) is 30.1 Å². The Kier molecular flexibility index (Phi) is 7.15. The van der Waals surface area contributed by atoms with Gasteiger partial charge in [-0.15, -0.1) is 12.4 Å². The third-order valence-corrected chi connectivity index (χ3v) is 6.52. The van der Waals surface area contributed by atoms with Crippen LogP contribution in [0.4, 0.5) is 5.69 Å². The molecule has 9 heteroatoms. The van der Waals surface area contributed by atoms with E-state index in [1.54, 1.807) is 13.8 Å². The van der Waals surface area contributed by atoms with Crippen molar-refractivity contribution in [1.82, 2.24) is 9.62 Å². The van der Waals surface area contributed by atoms with Gasteiger partial charge in [-0.05, 0) is 57.3 Å². The first-order chi connectivity index (χ1) is 10.8. The summed E-state index contributed by atoms with van der Waals surface area (Å²) in [7, 11) is -1.72. The normalized spacial score (nSPS) is 16.6. The van der Waals surface area contributed by atoms with Crippen LogP contribution in [-0.4, -0.2) is 44.3 Å². The lowest BCUT2D eigenvalue weighted by atomic mass is 9.98. The second-order valence-corrected chi connectivity index (χ2v) is 7.95. The number of nitro groups is 1. The van der Waals surface area contributed by atoms with Gasteiger partial charge in [0.05, 0.1) is 9.82 Å². The van der Waals surface area contributed by atoms with Gasteiger partial charge in [0.25, 0.3) is 5.69 Å². The van der Waals surface area contributed by atoms with Crippen molar-refractivity contribution in [2.45, 2.75) is 31.6 Å². The summed E-state index contributed by atoms with van der Waals surface area (Å²) in [5.74, 6) is 0.491. The number of sulfonamides is 1. The van der Waals surface area contributed by atoms with Gasteiger partial charge >= 0.3 is 0 Å². The maximum atomic E-state index is 12.9. The third-order valence-electron chi connectivity index (χ3n) is 4.32. The molecule has 1 N–H and O–H groups in total. The third kappa shape index (κ3) is 4.24. The Bertz CT molecular complexity index is 678. The van der Waals surface area contributed by atoms with Gasteiger partial charge in [0, 0.05) is 25.2 Å². The lowest BCUT2D eigenvalue weighted by Crippen LogP contribution is -2.40. The van der Waals surface area contributed by atoms with Crippen LogP contribution >= 0.6 is 12.4 Å². The Morgan fingerprint density at radius 1 is 1.25 bits per heavy atom. The predicted octanol–water partition coefficient (Wildman–Crippen LogP) is 2.25. The van der Waals surface area contributed by atoms with Crippen LogP contribution in [0.15, 0.2) is 17.0 Å². The van der Waals surface area contributed by atoms with Crippen molar-refractivity contribution in [2.24, 2.45) is 5.92 Å². The van der Waals surface area contributed by atoms with Crippen LogP contribution in [0.25, 0.3) is 0 Å². The molecule has 2 rings (SSSR count). The molecule has 0 aromatic heterocycles. The van der Waals surface area contributed by atoms with E-state index >= 15 is 0 Å². The molecular weight excluding hydrogens is 354 g/mol. The highest BCUT2D eigenvalue weighted by molar-refractivity contribution is 7.89. The lowest BCUT2D eigenvalue weighted by molar-refractivity contribution is -0.385. The Morgan fingerprint density at radius 2 is 1.75 bits per heavy atom. The van der Waals surface area contributed by atoms with Gasteiger partial charge in [-0.25, -0.2) is 8.42 Å². The standard InChI is InChI=1S/C15H23N3O4S.ClH/c1-11-8-14(18(19)20)9-12(2)15(11)23(21,22)17-6-4-13(5-7-17)10-16-3;/h8-9,13,16H,4-7,10H2,1-3H3;1H. The van der Waals surface area contributed by atoms with Crippen molar-refractivity contribution in [1.29, 1.82) is 0 Å². The van der Waals surface area contributed by atoms with E-state index in [2.05, 4.69) is 5.32 Å². The van der Waals surface area contributed by atoms with Gasteiger partial charge in [-0.3, -0.25) is 10.1 Å². The summed E-state index contributed by atoms with van der Waals surface area (Å²) in [6.45, 7) is 5.10. The van der Waals surface area contributed by atoms with E-state index in [1.807, 2.05) is 7.05 Å². The van der Waals surface area contributed by atoms with Gasteiger partial charge in [-0.2, -0.15) is 4.31 Å². The number of piperidine rings is 1. The topological polar surface area (TPSA) is 92.6 Å². The molecule has 1 aromatic rings. The molecule has 24 heavy (non-hydrogen) atoms. The molecule has 0 bridgehead atoms. The van der Waals surface area contributed by atoms with E-state index < -0.39 is 14.9 Å². The summed E-state index contributed by atoms with van der Waals surface area (Å²) < 4.78 is 27.3. The molecular formula is C15H24ClN3O4S. The number of halogens is 1. The van der Waals surface area contributed by atoms with Crippen LogP contribution in [-0.2, 0) is 10.0 Å². The fourth-order valence-corrected chi connectivity index (χ4v) is 5.09. The quantitative estimate of drug-likeness (QED) is 0.627. The van der Waals surface area contributed by atoms with E-state index in [4.69, 9.17) is 0 Å². The first-order valence-electron chi connectivity index (χ1n) is 7.67. The van der Waals surface area contributed by atoms with Gasteiger partial charge in [-0.1, -0.05) is 0 Å². The van der Waals surface area contributed by atoms with Crippen molar-refractivity contribution in [2.75, 3.05) is 26.7 Å². The van der Waals surface area contributed by atoms with E-state index in [-0.39, 0.29) is 23.0 Å². The average Bonchev–Trinajstić information content (AvgIpc) is 2.47. The predicted molar refractivity (Wildman–Crippen MR) is 95.2 cm³/mol. The Hall–Kier alpha value is -1.22. The molecule has 0 spiro atoms. The van der Waals surface area contributed by atoms with Gasteiger partial charge in [0.2, 0.25) is 10.0 Å². The zero-order valence-electron chi connectivity index (χ0n) is 14.1. The Morgan fingerprint density at radius 3 is 2.17 bits per heavy atom. The summed E-state index contributed by atoms with van der Waals surface area (Å²) in [6, 6.07) is 2.65. The molecule has 1 heterocycles. The molecule has 7 nitrogen and oxygen atoms in total. The molecule has 136 valence electrons. The number of nitrogens with zero attached hydrogens (tertiary/aromatic N) is 2. The molecule has 0 radical (unpaired) electrons. The van der Waals surface area contributed by atoms with Crippen LogP contribution in [0.1, 0.15) is 24.0 Å². The highest BCUT2D eigenvalue weighted by atomic mass is 35.5. The molecule has 1 aliphatic rings. The zero-order valence-corrected chi connectivity index (χ0v) is 15.7. The minimum absolute atomic E-state index is 0. The summed E-state index contributed by atoms with van der Waals surface area (Å²) in [5.41, 5.74) is 0.773. The van der Waals surface area contributed by atoms with E-state index in [1.165, 1.54) is 16.4 Å². The van der Waals surface area contributed by atoms with Gasteiger partial charge in [0.1, 0.15) is 0 Å². The zero-order chi connectivity index (χ0) is 17.2. The average molecular weight is 378 g/mol. The molecule has 1 aliphatic heterocycles. The largest absolute Gasteiger partial charge is 0.319 e. The molecule has 0 amide bonds. The molecule has 1 fully saturated rings. The minimum Gasteiger partial charge on any atom is -0.319 e. The maximum Gasteiger partial charge on any atom is 0.270 e. The highest BCUT2D eigenvalue weighted by Crippen LogP contribution is 2.30. The fraction of sp³-hybridized carbons (Fsp3) is 0.600. The monoisotopic (exact) mass is 377 g/mol. The van der Waals surface area contributed by atoms with Crippen molar-refractivity contribution >= 4 is 28.1 Å². The van der Waals surface area contributed by atoms with Crippen molar-refractivity contribution in [3.05, 3.63) is 33.4 Å². The van der Waals surface area contributed by atoms with Crippen LogP contribution in [0.2, 0.25) is 0 Å². The molecule has 0 saturated carbocycles. The Balaban J connectivity index is 0.00000288. The smallest absolute Gasteiger partial charge is 0.270 e. The van der Waals surface area contributed by atoms with Crippen molar-refractivity contribution in [3.8, 4) is 0 Å². The lowest BCUT2D eigenvalue weighted by Gasteiger charge is -2.31. The second kappa shape index (κ2) is 8.24. The van der Waals surface area contributed by atoms with E-state index in [0.717, 1.165) is 19.4 Å². The number of nitro benzene ring substituents is 1. The van der Waals surface area contributed by atoms with Crippen molar-refractivity contribution < 1.29 is 13.3 Å². The first-order valence-corrected chi connectivity index (χ1v) is 9.11. The first kappa shape index (κ1) is 20.8. The molecule has 1 saturated heterocycles. The molecule has 1 aromatic carbocycles. The highest BCUT2D eigenvalue weighted by Gasteiger charge is 2.32. The van der Waals surface area contributed by atoms with Crippen LogP contribution in [0.3, 0.4) is 0 Å². The second-order valence-electron chi connectivity index (χ2n) is 6.07. The summed E-state index contributed by atoms with van der Waals surface area (Å²) >= 11 is 0. The molecule has 0 atom stereocenters. The minimum atomic E-state index is -3.61. The van der Waals surface area contributed by atoms with Gasteiger partial charge in [0.15, 0.2) is 0 Å². The SMILES string of the molecule is CNCC1CCN(S(=O)(=O)c2c(C)cc([N+](=O)[O-])cc2C)CC1.Cl. The number of aryl methyl sites for hydroxylation is 2.